The molecule has 2 N–H and O–H groups in total. The monoisotopic (exact) mass is 283 g/mol. The third-order valence-electron chi connectivity index (χ3n) is 3.21. The number of hydrogen-bond donors (Lipinski definition) is 2. The SMILES string of the molecule is CC(C)(C)n1cc(NC(=O)c2ccc3nc[nH]c3c2)cn1. The molecule has 1 amide bonds. The summed E-state index contributed by atoms with van der Waals surface area (Å²) in [6.45, 7) is 6.16. The smallest absolute Gasteiger partial charge is 0.255 e. The molecule has 6 nitrogen and oxygen atoms in total. The Morgan fingerprint density at radius 1 is 1.33 bits per heavy atom. The number of benzene rings is 1. The second-order valence-electron chi connectivity index (χ2n) is 5.93. The molecule has 0 aliphatic heterocycles. The van der Waals surface area contributed by atoms with Crippen molar-refractivity contribution in [3.63, 3.8) is 0 Å². The van der Waals surface area contributed by atoms with Gasteiger partial charge in [-0.05, 0) is 39.0 Å². The van der Waals surface area contributed by atoms with E-state index >= 15 is 0 Å². The van der Waals surface area contributed by atoms with Crippen molar-refractivity contribution in [3.8, 4) is 0 Å². The summed E-state index contributed by atoms with van der Waals surface area (Å²) in [5.74, 6) is -0.167. The maximum atomic E-state index is 12.3. The zero-order chi connectivity index (χ0) is 15.0. The summed E-state index contributed by atoms with van der Waals surface area (Å²) in [7, 11) is 0. The normalized spacial score (nSPS) is 11.8. The van der Waals surface area contributed by atoms with Crippen LogP contribution < -0.4 is 5.32 Å². The van der Waals surface area contributed by atoms with E-state index in [0.717, 1.165) is 11.0 Å². The Balaban J connectivity index is 1.81. The molecule has 0 atom stereocenters. The Bertz CT molecular complexity index is 794. The number of anilines is 1. The van der Waals surface area contributed by atoms with Gasteiger partial charge in [0.1, 0.15) is 0 Å². The molecule has 0 fully saturated rings. The van der Waals surface area contributed by atoms with E-state index in [2.05, 4.69) is 41.2 Å². The number of aromatic nitrogens is 4. The minimum atomic E-state index is -0.167. The molecular weight excluding hydrogens is 266 g/mol. The van der Waals surface area contributed by atoms with Crippen LogP contribution in [0.5, 0.6) is 0 Å². The molecule has 3 aromatic rings. The van der Waals surface area contributed by atoms with Gasteiger partial charge in [-0.1, -0.05) is 0 Å². The van der Waals surface area contributed by atoms with Crippen LogP contribution in [0.25, 0.3) is 11.0 Å². The number of aromatic amines is 1. The standard InChI is InChI=1S/C15H17N5O/c1-15(2,3)20-8-11(7-18-20)19-14(21)10-4-5-12-13(6-10)17-9-16-12/h4-9H,1-3H3,(H,16,17)(H,19,21). The van der Waals surface area contributed by atoms with Crippen LogP contribution in [0.2, 0.25) is 0 Å². The molecule has 0 radical (unpaired) electrons. The average Bonchev–Trinajstić information content (AvgIpc) is 3.04. The van der Waals surface area contributed by atoms with Gasteiger partial charge in [0.05, 0.1) is 34.8 Å². The van der Waals surface area contributed by atoms with Crippen LogP contribution in [-0.4, -0.2) is 25.7 Å². The van der Waals surface area contributed by atoms with Gasteiger partial charge in [0, 0.05) is 11.8 Å². The van der Waals surface area contributed by atoms with Gasteiger partial charge in [-0.25, -0.2) is 4.98 Å². The zero-order valence-corrected chi connectivity index (χ0v) is 12.2. The predicted molar refractivity (Wildman–Crippen MR) is 81.3 cm³/mol. The number of carbonyl (C=O) groups is 1. The number of rotatable bonds is 2. The molecule has 0 spiro atoms. The highest BCUT2D eigenvalue weighted by Crippen LogP contribution is 2.17. The molecule has 0 aliphatic carbocycles. The lowest BCUT2D eigenvalue weighted by atomic mass is 10.1. The van der Waals surface area contributed by atoms with Crippen molar-refractivity contribution in [2.45, 2.75) is 26.3 Å². The minimum Gasteiger partial charge on any atom is -0.345 e. The van der Waals surface area contributed by atoms with Crippen molar-refractivity contribution in [2.75, 3.05) is 5.32 Å². The van der Waals surface area contributed by atoms with Crippen LogP contribution in [0.15, 0.2) is 36.9 Å². The maximum Gasteiger partial charge on any atom is 0.255 e. The predicted octanol–water partition coefficient (Wildman–Crippen LogP) is 2.77. The molecule has 2 aromatic heterocycles. The quantitative estimate of drug-likeness (QED) is 0.759. The molecule has 108 valence electrons. The van der Waals surface area contributed by atoms with Gasteiger partial charge < -0.3 is 10.3 Å². The summed E-state index contributed by atoms with van der Waals surface area (Å²) >= 11 is 0. The summed E-state index contributed by atoms with van der Waals surface area (Å²) in [4.78, 5) is 19.4. The van der Waals surface area contributed by atoms with Crippen LogP contribution in [-0.2, 0) is 5.54 Å². The molecular formula is C15H17N5O. The largest absolute Gasteiger partial charge is 0.345 e. The summed E-state index contributed by atoms with van der Waals surface area (Å²) in [5, 5.41) is 7.11. The summed E-state index contributed by atoms with van der Waals surface area (Å²) in [6.07, 6.45) is 5.09. The van der Waals surface area contributed by atoms with Crippen molar-refractivity contribution in [1.29, 1.82) is 0 Å². The molecule has 3 rings (SSSR count). The van der Waals surface area contributed by atoms with E-state index in [9.17, 15) is 4.79 Å². The lowest BCUT2D eigenvalue weighted by molar-refractivity contribution is 0.102. The first-order chi connectivity index (χ1) is 9.93. The Morgan fingerprint density at radius 2 is 2.14 bits per heavy atom. The van der Waals surface area contributed by atoms with Gasteiger partial charge in [0.2, 0.25) is 0 Å². The van der Waals surface area contributed by atoms with Gasteiger partial charge in [-0.15, -0.1) is 0 Å². The molecule has 0 bridgehead atoms. The highest BCUT2D eigenvalue weighted by Gasteiger charge is 2.15. The molecule has 6 heteroatoms. The van der Waals surface area contributed by atoms with E-state index in [-0.39, 0.29) is 11.4 Å². The number of fused-ring (bicyclic) bond motifs is 1. The van der Waals surface area contributed by atoms with Crippen LogP contribution in [0.4, 0.5) is 5.69 Å². The fourth-order valence-electron chi connectivity index (χ4n) is 2.03. The third-order valence-corrected chi connectivity index (χ3v) is 3.21. The molecule has 21 heavy (non-hydrogen) atoms. The van der Waals surface area contributed by atoms with Gasteiger partial charge >= 0.3 is 0 Å². The van der Waals surface area contributed by atoms with Crippen molar-refractivity contribution in [3.05, 3.63) is 42.5 Å². The van der Waals surface area contributed by atoms with Crippen molar-refractivity contribution in [2.24, 2.45) is 0 Å². The first-order valence-electron chi connectivity index (χ1n) is 6.73. The summed E-state index contributed by atoms with van der Waals surface area (Å²) in [5.41, 5.74) is 2.83. The van der Waals surface area contributed by atoms with E-state index < -0.39 is 0 Å². The molecule has 2 heterocycles. The van der Waals surface area contributed by atoms with Crippen molar-refractivity contribution < 1.29 is 4.79 Å². The number of carbonyl (C=O) groups excluding carboxylic acids is 1. The lowest BCUT2D eigenvalue weighted by Crippen LogP contribution is -2.22. The fraction of sp³-hybridized carbons (Fsp3) is 0.267. The first kappa shape index (κ1) is 13.4. The highest BCUT2D eigenvalue weighted by atomic mass is 16.1. The molecule has 0 saturated heterocycles. The van der Waals surface area contributed by atoms with Crippen molar-refractivity contribution in [1.82, 2.24) is 19.7 Å². The number of H-pyrrole nitrogens is 1. The topological polar surface area (TPSA) is 75.6 Å². The van der Waals surface area contributed by atoms with E-state index in [0.29, 0.717) is 11.3 Å². The van der Waals surface area contributed by atoms with E-state index in [1.165, 1.54) is 0 Å². The second kappa shape index (κ2) is 4.73. The van der Waals surface area contributed by atoms with Crippen LogP contribution in [0, 0.1) is 0 Å². The minimum absolute atomic E-state index is 0.113. The Labute approximate surface area is 122 Å². The first-order valence-corrected chi connectivity index (χ1v) is 6.73. The van der Waals surface area contributed by atoms with Crippen molar-refractivity contribution >= 4 is 22.6 Å². The Morgan fingerprint density at radius 3 is 2.86 bits per heavy atom. The fourth-order valence-corrected chi connectivity index (χ4v) is 2.03. The third kappa shape index (κ3) is 2.65. The number of amides is 1. The zero-order valence-electron chi connectivity index (χ0n) is 12.2. The summed E-state index contributed by atoms with van der Waals surface area (Å²) in [6, 6.07) is 5.36. The van der Waals surface area contributed by atoms with Gasteiger partial charge in [-0.2, -0.15) is 5.10 Å². The van der Waals surface area contributed by atoms with Crippen LogP contribution >= 0.6 is 0 Å². The Kier molecular flexibility index (Phi) is 3.01. The Hall–Kier alpha value is -2.63. The number of nitrogens with zero attached hydrogens (tertiary/aromatic N) is 3. The lowest BCUT2D eigenvalue weighted by Gasteiger charge is -2.18. The molecule has 0 saturated carbocycles. The number of nitrogens with one attached hydrogen (secondary N) is 2. The summed E-state index contributed by atoms with van der Waals surface area (Å²) < 4.78 is 1.82. The maximum absolute atomic E-state index is 12.3. The van der Waals surface area contributed by atoms with Crippen LogP contribution in [0.3, 0.4) is 0 Å². The molecule has 0 unspecified atom stereocenters. The molecule has 1 aromatic carbocycles. The number of imidazole rings is 1. The second-order valence-corrected chi connectivity index (χ2v) is 5.93. The van der Waals surface area contributed by atoms with Crippen LogP contribution in [0.1, 0.15) is 31.1 Å². The van der Waals surface area contributed by atoms with Gasteiger partial charge in [0.15, 0.2) is 0 Å². The van der Waals surface area contributed by atoms with E-state index in [1.54, 1.807) is 24.7 Å². The van der Waals surface area contributed by atoms with E-state index in [1.807, 2.05) is 16.9 Å². The molecule has 0 aliphatic rings. The van der Waals surface area contributed by atoms with Gasteiger partial charge in [0.25, 0.3) is 5.91 Å². The van der Waals surface area contributed by atoms with E-state index in [4.69, 9.17) is 0 Å². The number of hydrogen-bond acceptors (Lipinski definition) is 3. The van der Waals surface area contributed by atoms with Gasteiger partial charge in [-0.3, -0.25) is 9.48 Å². The average molecular weight is 283 g/mol. The highest BCUT2D eigenvalue weighted by molar-refractivity contribution is 6.05.